The molecule has 110 valence electrons. The first-order chi connectivity index (χ1) is 9.50. The van der Waals surface area contributed by atoms with Gasteiger partial charge in [-0.05, 0) is 25.3 Å². The van der Waals surface area contributed by atoms with E-state index in [1.807, 2.05) is 0 Å². The van der Waals surface area contributed by atoms with Gasteiger partial charge in [-0.1, -0.05) is 0 Å². The zero-order chi connectivity index (χ0) is 14.7. The molecule has 1 unspecified atom stereocenters. The van der Waals surface area contributed by atoms with Crippen molar-refractivity contribution in [2.75, 3.05) is 6.61 Å². The lowest BCUT2D eigenvalue weighted by atomic mass is 10.1. The Morgan fingerprint density at radius 3 is 2.75 bits per heavy atom. The number of nitrogens with one attached hydrogen (secondary N) is 1. The van der Waals surface area contributed by atoms with E-state index in [1.54, 1.807) is 0 Å². The van der Waals surface area contributed by atoms with Gasteiger partial charge in [0.05, 0.1) is 0 Å². The molecular formula is C13H16FNO5. The minimum Gasteiger partial charge on any atom is -0.505 e. The topological polar surface area (TPSA) is 99.0 Å². The third-order valence-electron chi connectivity index (χ3n) is 3.20. The molecular weight excluding hydrogens is 269 g/mol. The highest BCUT2D eigenvalue weighted by Crippen LogP contribution is 2.37. The number of aromatic hydroxyl groups is 3. The molecule has 0 radical (unpaired) electrons. The third-order valence-corrected chi connectivity index (χ3v) is 3.20. The van der Waals surface area contributed by atoms with Gasteiger partial charge in [-0.3, -0.25) is 4.79 Å². The Kier molecular flexibility index (Phi) is 4.29. The Balaban J connectivity index is 2.02. The van der Waals surface area contributed by atoms with Crippen LogP contribution in [0.25, 0.3) is 0 Å². The second kappa shape index (κ2) is 5.96. The minimum absolute atomic E-state index is 0.0190. The Bertz CT molecular complexity index is 514. The molecule has 6 nitrogen and oxygen atoms in total. The molecule has 0 aromatic heterocycles. The van der Waals surface area contributed by atoms with Gasteiger partial charge in [0.25, 0.3) is 0 Å². The normalized spacial score (nSPS) is 18.8. The van der Waals surface area contributed by atoms with Crippen LogP contribution in [0, 0.1) is 5.82 Å². The Hall–Kier alpha value is -2.02. The van der Waals surface area contributed by atoms with Gasteiger partial charge < -0.3 is 25.4 Å². The van der Waals surface area contributed by atoms with Crippen LogP contribution in [0.4, 0.5) is 4.39 Å². The molecule has 1 heterocycles. The van der Waals surface area contributed by atoms with Crippen LogP contribution in [0.1, 0.15) is 24.8 Å². The summed E-state index contributed by atoms with van der Waals surface area (Å²) in [4.78, 5) is 11.8. The molecule has 1 aliphatic rings. The van der Waals surface area contributed by atoms with Crippen LogP contribution >= 0.6 is 0 Å². The molecule has 0 spiro atoms. The summed E-state index contributed by atoms with van der Waals surface area (Å²) in [7, 11) is 0. The van der Waals surface area contributed by atoms with Gasteiger partial charge >= 0.3 is 0 Å². The number of carbonyl (C=O) groups is 1. The Labute approximate surface area is 114 Å². The van der Waals surface area contributed by atoms with Crippen LogP contribution in [-0.2, 0) is 16.1 Å². The summed E-state index contributed by atoms with van der Waals surface area (Å²) in [6.07, 6.45) is 1.91. The van der Waals surface area contributed by atoms with Crippen LogP contribution in [0.5, 0.6) is 17.2 Å². The standard InChI is InChI=1S/C13H16FNO5/c14-10-8(16)5-7(11(17)12(10)18)6-15-13(19)9-3-1-2-4-20-9/h5,9,16-18H,1-4,6H2,(H,15,19). The lowest BCUT2D eigenvalue weighted by molar-refractivity contribution is -0.135. The largest absolute Gasteiger partial charge is 0.505 e. The van der Waals surface area contributed by atoms with Gasteiger partial charge in [-0.2, -0.15) is 4.39 Å². The predicted molar refractivity (Wildman–Crippen MR) is 66.8 cm³/mol. The highest BCUT2D eigenvalue weighted by Gasteiger charge is 2.23. The maximum atomic E-state index is 13.1. The van der Waals surface area contributed by atoms with Gasteiger partial charge in [0.1, 0.15) is 6.10 Å². The number of hydrogen-bond acceptors (Lipinski definition) is 5. The minimum atomic E-state index is -1.30. The zero-order valence-corrected chi connectivity index (χ0v) is 10.7. The summed E-state index contributed by atoms with van der Waals surface area (Å²) in [5.41, 5.74) is 0.0190. The molecule has 0 saturated carbocycles. The van der Waals surface area contributed by atoms with E-state index in [0.717, 1.165) is 18.9 Å². The predicted octanol–water partition coefficient (Wildman–Crippen LogP) is 1.13. The molecule has 7 heteroatoms. The summed E-state index contributed by atoms with van der Waals surface area (Å²) in [6, 6.07) is 0.951. The number of halogens is 1. The smallest absolute Gasteiger partial charge is 0.249 e. The third kappa shape index (κ3) is 2.93. The fourth-order valence-electron chi connectivity index (χ4n) is 2.05. The van der Waals surface area contributed by atoms with Gasteiger partial charge in [0.2, 0.25) is 11.7 Å². The first-order valence-corrected chi connectivity index (χ1v) is 6.32. The molecule has 1 aromatic carbocycles. The van der Waals surface area contributed by atoms with Crippen molar-refractivity contribution in [2.24, 2.45) is 0 Å². The van der Waals surface area contributed by atoms with E-state index in [1.165, 1.54) is 0 Å². The van der Waals surface area contributed by atoms with E-state index in [0.29, 0.717) is 13.0 Å². The van der Waals surface area contributed by atoms with Crippen molar-refractivity contribution < 1.29 is 29.2 Å². The van der Waals surface area contributed by atoms with Crippen molar-refractivity contribution in [1.82, 2.24) is 5.32 Å². The summed E-state index contributed by atoms with van der Waals surface area (Å²) in [5, 5.41) is 30.6. The molecule has 0 aliphatic carbocycles. The number of ether oxygens (including phenoxy) is 1. The average molecular weight is 285 g/mol. The second-order valence-electron chi connectivity index (χ2n) is 4.64. The number of phenols is 3. The number of rotatable bonds is 3. The van der Waals surface area contributed by atoms with Gasteiger partial charge in [-0.25, -0.2) is 0 Å². The summed E-state index contributed by atoms with van der Waals surface area (Å²) in [6.45, 7) is 0.382. The van der Waals surface area contributed by atoms with E-state index in [9.17, 15) is 24.5 Å². The average Bonchev–Trinajstić information content (AvgIpc) is 2.48. The van der Waals surface area contributed by atoms with Crippen LogP contribution in [0.3, 0.4) is 0 Å². The number of carbonyl (C=O) groups excluding carboxylic acids is 1. The summed E-state index contributed by atoms with van der Waals surface area (Å²) >= 11 is 0. The van der Waals surface area contributed by atoms with Crippen molar-refractivity contribution in [1.29, 1.82) is 0 Å². The Morgan fingerprint density at radius 1 is 1.35 bits per heavy atom. The quantitative estimate of drug-likeness (QED) is 0.493. The molecule has 1 amide bonds. The van der Waals surface area contributed by atoms with E-state index in [4.69, 9.17) is 4.74 Å². The summed E-state index contributed by atoms with van der Waals surface area (Å²) < 4.78 is 18.4. The van der Waals surface area contributed by atoms with E-state index in [-0.39, 0.29) is 18.0 Å². The van der Waals surface area contributed by atoms with Crippen molar-refractivity contribution in [3.63, 3.8) is 0 Å². The van der Waals surface area contributed by atoms with Gasteiger partial charge in [0.15, 0.2) is 17.2 Å². The molecule has 1 fully saturated rings. The molecule has 0 bridgehead atoms. The molecule has 4 N–H and O–H groups in total. The number of phenolic OH excluding ortho intramolecular Hbond substituents is 3. The number of benzene rings is 1. The number of hydrogen-bond donors (Lipinski definition) is 4. The summed E-state index contributed by atoms with van der Waals surface area (Å²) in [5.74, 6) is -4.17. The molecule has 1 aliphatic heterocycles. The Morgan fingerprint density at radius 2 is 2.10 bits per heavy atom. The maximum absolute atomic E-state index is 13.1. The first kappa shape index (κ1) is 14.4. The number of amides is 1. The van der Waals surface area contributed by atoms with Gasteiger partial charge in [-0.15, -0.1) is 0 Å². The highest BCUT2D eigenvalue weighted by molar-refractivity contribution is 5.80. The van der Waals surface area contributed by atoms with Crippen molar-refractivity contribution in [3.8, 4) is 17.2 Å². The van der Waals surface area contributed by atoms with Crippen molar-refractivity contribution in [2.45, 2.75) is 31.9 Å². The van der Waals surface area contributed by atoms with E-state index < -0.39 is 29.2 Å². The van der Waals surface area contributed by atoms with E-state index >= 15 is 0 Å². The molecule has 2 rings (SSSR count). The first-order valence-electron chi connectivity index (χ1n) is 6.32. The lowest BCUT2D eigenvalue weighted by Gasteiger charge is -2.21. The monoisotopic (exact) mass is 285 g/mol. The second-order valence-corrected chi connectivity index (χ2v) is 4.64. The molecule has 1 saturated heterocycles. The van der Waals surface area contributed by atoms with Crippen LogP contribution in [0.2, 0.25) is 0 Å². The van der Waals surface area contributed by atoms with Gasteiger partial charge in [0, 0.05) is 18.7 Å². The highest BCUT2D eigenvalue weighted by atomic mass is 19.1. The molecule has 20 heavy (non-hydrogen) atoms. The van der Waals surface area contributed by atoms with Crippen LogP contribution in [0.15, 0.2) is 6.07 Å². The van der Waals surface area contributed by atoms with Crippen molar-refractivity contribution in [3.05, 3.63) is 17.4 Å². The fourth-order valence-corrected chi connectivity index (χ4v) is 2.05. The maximum Gasteiger partial charge on any atom is 0.249 e. The fraction of sp³-hybridized carbons (Fsp3) is 0.462. The molecule has 1 aromatic rings. The SMILES string of the molecule is O=C(NCc1cc(O)c(F)c(O)c1O)C1CCCCO1. The molecule has 1 atom stereocenters. The van der Waals surface area contributed by atoms with Crippen LogP contribution in [-0.4, -0.2) is 33.9 Å². The van der Waals surface area contributed by atoms with Crippen molar-refractivity contribution >= 4 is 5.91 Å². The zero-order valence-electron chi connectivity index (χ0n) is 10.7. The lowest BCUT2D eigenvalue weighted by Crippen LogP contribution is -2.37. The van der Waals surface area contributed by atoms with E-state index in [2.05, 4.69) is 5.32 Å². The van der Waals surface area contributed by atoms with Crippen LogP contribution < -0.4 is 5.32 Å².